The summed E-state index contributed by atoms with van der Waals surface area (Å²) in [7, 11) is -3.24. The summed E-state index contributed by atoms with van der Waals surface area (Å²) < 4.78 is 23.0. The third-order valence-electron chi connectivity index (χ3n) is 4.95. The molecule has 140 valence electrons. The Kier molecular flexibility index (Phi) is 5.94. The van der Waals surface area contributed by atoms with Gasteiger partial charge in [0.25, 0.3) is 5.91 Å². The van der Waals surface area contributed by atoms with Crippen molar-refractivity contribution < 1.29 is 13.2 Å². The normalized spacial score (nSPS) is 22.6. The fourth-order valence-electron chi connectivity index (χ4n) is 3.52. The van der Waals surface area contributed by atoms with Crippen molar-refractivity contribution >= 4 is 15.7 Å². The highest BCUT2D eigenvalue weighted by molar-refractivity contribution is 7.90. The number of rotatable bonds is 5. The van der Waals surface area contributed by atoms with Gasteiger partial charge in [0.2, 0.25) is 0 Å². The van der Waals surface area contributed by atoms with Crippen molar-refractivity contribution in [1.82, 2.24) is 10.2 Å². The summed E-state index contributed by atoms with van der Waals surface area (Å²) in [5, 5.41) is 2.99. The van der Waals surface area contributed by atoms with Crippen LogP contribution in [0.1, 0.15) is 44.5 Å². The predicted octanol–water partition coefficient (Wildman–Crippen LogP) is 2.58. The van der Waals surface area contributed by atoms with Crippen LogP contribution in [-0.4, -0.2) is 50.7 Å². The molecule has 0 spiro atoms. The quantitative estimate of drug-likeness (QED) is 0.870. The Labute approximate surface area is 151 Å². The van der Waals surface area contributed by atoms with E-state index in [2.05, 4.69) is 37.9 Å². The standard InChI is InChI=1S/C19H30N2O3S/c1-14-10-15(2)12-21(11-14)19(3,4)13-20-18(22)16-6-8-17(9-7-16)25(5,23)24/h6-9,14-15H,10-13H2,1-5H3,(H,20,22). The van der Waals surface area contributed by atoms with Crippen molar-refractivity contribution in [3.63, 3.8) is 0 Å². The van der Waals surface area contributed by atoms with Crippen LogP contribution in [-0.2, 0) is 9.84 Å². The van der Waals surface area contributed by atoms with E-state index in [1.165, 1.54) is 18.6 Å². The summed E-state index contributed by atoms with van der Waals surface area (Å²) in [6, 6.07) is 6.07. The van der Waals surface area contributed by atoms with Crippen LogP contribution in [0, 0.1) is 11.8 Å². The molecule has 0 radical (unpaired) electrons. The van der Waals surface area contributed by atoms with Gasteiger partial charge in [-0.3, -0.25) is 9.69 Å². The van der Waals surface area contributed by atoms with E-state index in [1.54, 1.807) is 12.1 Å². The maximum atomic E-state index is 12.4. The predicted molar refractivity (Wildman–Crippen MR) is 100 cm³/mol. The fraction of sp³-hybridized carbons (Fsp3) is 0.632. The summed E-state index contributed by atoms with van der Waals surface area (Å²) in [4.78, 5) is 15.1. The van der Waals surface area contributed by atoms with Gasteiger partial charge in [0.15, 0.2) is 9.84 Å². The maximum absolute atomic E-state index is 12.4. The highest BCUT2D eigenvalue weighted by Crippen LogP contribution is 2.26. The number of hydrogen-bond acceptors (Lipinski definition) is 4. The first kappa shape index (κ1) is 19.9. The molecule has 1 aromatic rings. The second-order valence-corrected chi connectivity index (χ2v) is 10.2. The molecule has 0 aromatic heterocycles. The third-order valence-corrected chi connectivity index (χ3v) is 6.08. The first-order valence-electron chi connectivity index (χ1n) is 8.82. The molecule has 1 aromatic carbocycles. The Bertz CT molecular complexity index is 701. The zero-order chi connectivity index (χ0) is 18.8. The van der Waals surface area contributed by atoms with Crippen LogP contribution >= 0.6 is 0 Å². The molecule has 25 heavy (non-hydrogen) atoms. The molecule has 1 amide bonds. The Morgan fingerprint density at radius 1 is 1.16 bits per heavy atom. The molecule has 0 saturated carbocycles. The van der Waals surface area contributed by atoms with Gasteiger partial charge in [0, 0.05) is 37.0 Å². The van der Waals surface area contributed by atoms with Crippen LogP contribution in [0.5, 0.6) is 0 Å². The van der Waals surface area contributed by atoms with Gasteiger partial charge in [-0.15, -0.1) is 0 Å². The first-order valence-corrected chi connectivity index (χ1v) is 10.7. The van der Waals surface area contributed by atoms with Crippen LogP contribution in [0.25, 0.3) is 0 Å². The van der Waals surface area contributed by atoms with Gasteiger partial charge in [-0.2, -0.15) is 0 Å². The fourth-order valence-corrected chi connectivity index (χ4v) is 4.15. The molecule has 2 atom stereocenters. The van der Waals surface area contributed by atoms with E-state index >= 15 is 0 Å². The lowest BCUT2D eigenvalue weighted by Gasteiger charge is -2.45. The molecule has 1 fully saturated rings. The number of carbonyl (C=O) groups excluding carboxylic acids is 1. The van der Waals surface area contributed by atoms with Gasteiger partial charge in [0.05, 0.1) is 4.90 Å². The van der Waals surface area contributed by atoms with Gasteiger partial charge >= 0.3 is 0 Å². The van der Waals surface area contributed by atoms with E-state index in [0.29, 0.717) is 23.9 Å². The lowest BCUT2D eigenvalue weighted by molar-refractivity contribution is 0.0445. The average molecular weight is 367 g/mol. The number of sulfone groups is 1. The summed E-state index contributed by atoms with van der Waals surface area (Å²) in [6.07, 6.45) is 2.41. The molecular formula is C19H30N2O3S. The summed E-state index contributed by atoms with van der Waals surface area (Å²) >= 11 is 0. The van der Waals surface area contributed by atoms with Crippen LogP contribution in [0.15, 0.2) is 29.2 Å². The van der Waals surface area contributed by atoms with E-state index in [1.807, 2.05) is 0 Å². The smallest absolute Gasteiger partial charge is 0.251 e. The van der Waals surface area contributed by atoms with Crippen LogP contribution in [0.4, 0.5) is 0 Å². The summed E-state index contributed by atoms with van der Waals surface area (Å²) in [6.45, 7) is 11.5. The number of nitrogens with zero attached hydrogens (tertiary/aromatic N) is 1. The molecule has 0 bridgehead atoms. The number of nitrogens with one attached hydrogen (secondary N) is 1. The zero-order valence-corrected chi connectivity index (χ0v) is 16.7. The Morgan fingerprint density at radius 3 is 2.16 bits per heavy atom. The van der Waals surface area contributed by atoms with E-state index < -0.39 is 9.84 Å². The van der Waals surface area contributed by atoms with Crippen molar-refractivity contribution in [2.45, 2.75) is 44.6 Å². The van der Waals surface area contributed by atoms with E-state index in [4.69, 9.17) is 0 Å². The molecule has 1 heterocycles. The van der Waals surface area contributed by atoms with E-state index in [9.17, 15) is 13.2 Å². The highest BCUT2D eigenvalue weighted by atomic mass is 32.2. The van der Waals surface area contributed by atoms with Crippen molar-refractivity contribution in [3.05, 3.63) is 29.8 Å². The topological polar surface area (TPSA) is 66.5 Å². The Balaban J connectivity index is 1.98. The molecule has 1 aliphatic heterocycles. The highest BCUT2D eigenvalue weighted by Gasteiger charge is 2.32. The van der Waals surface area contributed by atoms with E-state index in [0.717, 1.165) is 19.3 Å². The Hall–Kier alpha value is -1.40. The summed E-state index contributed by atoms with van der Waals surface area (Å²) in [5.41, 5.74) is 0.356. The molecule has 1 saturated heterocycles. The lowest BCUT2D eigenvalue weighted by atomic mass is 9.88. The van der Waals surface area contributed by atoms with Gasteiger partial charge in [-0.25, -0.2) is 8.42 Å². The minimum atomic E-state index is -3.24. The number of likely N-dealkylation sites (tertiary alicyclic amines) is 1. The molecule has 5 nitrogen and oxygen atoms in total. The zero-order valence-electron chi connectivity index (χ0n) is 15.9. The maximum Gasteiger partial charge on any atom is 0.251 e. The van der Waals surface area contributed by atoms with Crippen LogP contribution in [0.2, 0.25) is 0 Å². The minimum Gasteiger partial charge on any atom is -0.350 e. The number of piperidine rings is 1. The van der Waals surface area contributed by atoms with Crippen molar-refractivity contribution in [3.8, 4) is 0 Å². The Morgan fingerprint density at radius 2 is 1.68 bits per heavy atom. The number of hydrogen-bond donors (Lipinski definition) is 1. The lowest BCUT2D eigenvalue weighted by Crippen LogP contribution is -2.56. The monoisotopic (exact) mass is 366 g/mol. The number of benzene rings is 1. The molecule has 0 aliphatic carbocycles. The third kappa shape index (κ3) is 5.28. The number of amides is 1. The average Bonchev–Trinajstić information content (AvgIpc) is 2.51. The van der Waals surface area contributed by atoms with Crippen molar-refractivity contribution in [1.29, 1.82) is 0 Å². The van der Waals surface area contributed by atoms with Crippen LogP contribution in [0.3, 0.4) is 0 Å². The first-order chi connectivity index (χ1) is 11.5. The second kappa shape index (κ2) is 7.46. The van der Waals surface area contributed by atoms with Gasteiger partial charge in [-0.1, -0.05) is 13.8 Å². The molecule has 1 N–H and O–H groups in total. The van der Waals surface area contributed by atoms with Gasteiger partial charge in [-0.05, 0) is 56.4 Å². The molecule has 2 unspecified atom stereocenters. The largest absolute Gasteiger partial charge is 0.350 e. The van der Waals surface area contributed by atoms with Crippen LogP contribution < -0.4 is 5.32 Å². The molecule has 2 rings (SSSR count). The van der Waals surface area contributed by atoms with Gasteiger partial charge < -0.3 is 5.32 Å². The van der Waals surface area contributed by atoms with Gasteiger partial charge in [0.1, 0.15) is 0 Å². The van der Waals surface area contributed by atoms with E-state index in [-0.39, 0.29) is 16.3 Å². The summed E-state index contributed by atoms with van der Waals surface area (Å²) in [5.74, 6) is 1.16. The number of carbonyl (C=O) groups is 1. The SMILES string of the molecule is CC1CC(C)CN(C(C)(C)CNC(=O)c2ccc(S(C)(=O)=O)cc2)C1. The molecule has 1 aliphatic rings. The second-order valence-electron chi connectivity index (χ2n) is 8.14. The molecule has 6 heteroatoms. The molecular weight excluding hydrogens is 336 g/mol. The van der Waals surface area contributed by atoms with Crippen molar-refractivity contribution in [2.24, 2.45) is 11.8 Å². The minimum absolute atomic E-state index is 0.120. The van der Waals surface area contributed by atoms with Crippen molar-refractivity contribution in [2.75, 3.05) is 25.9 Å².